The zero-order chi connectivity index (χ0) is 26.0. The molecule has 2 aromatic carbocycles. The lowest BCUT2D eigenvalue weighted by molar-refractivity contribution is -0.139. The van der Waals surface area contributed by atoms with Crippen molar-refractivity contribution >= 4 is 39.1 Å². The van der Waals surface area contributed by atoms with Gasteiger partial charge in [0, 0.05) is 31.1 Å². The summed E-state index contributed by atoms with van der Waals surface area (Å²) in [5, 5.41) is 3.30. The molecule has 0 saturated heterocycles. The lowest BCUT2D eigenvalue weighted by Gasteiger charge is -2.29. The van der Waals surface area contributed by atoms with Crippen molar-refractivity contribution in [1.82, 2.24) is 10.2 Å². The topological polar surface area (TPSA) is 86.8 Å². The first-order chi connectivity index (χ1) is 16.5. The third kappa shape index (κ3) is 8.85. The number of hydrogen-bond donors (Lipinski definition) is 1. The van der Waals surface area contributed by atoms with E-state index in [0.717, 1.165) is 23.8 Å². The van der Waals surface area contributed by atoms with Gasteiger partial charge >= 0.3 is 0 Å². The summed E-state index contributed by atoms with van der Waals surface area (Å²) in [7, 11) is -3.58. The molecule has 0 spiro atoms. The molecule has 2 rings (SSSR count). The largest absolute Gasteiger partial charge is 0.354 e. The van der Waals surface area contributed by atoms with Crippen LogP contribution in [0.5, 0.6) is 0 Å². The summed E-state index contributed by atoms with van der Waals surface area (Å²) < 4.78 is 26.3. The highest BCUT2D eigenvalue weighted by molar-refractivity contribution is 7.92. The Morgan fingerprint density at radius 3 is 2.40 bits per heavy atom. The molecule has 0 aliphatic rings. The van der Waals surface area contributed by atoms with E-state index < -0.39 is 16.1 Å². The normalized spacial score (nSPS) is 12.1. The highest BCUT2D eigenvalue weighted by Crippen LogP contribution is 2.26. The van der Waals surface area contributed by atoms with Crippen LogP contribution in [-0.4, -0.2) is 57.1 Å². The molecule has 2 amide bonds. The lowest BCUT2D eigenvalue weighted by Crippen LogP contribution is -2.49. The molecule has 9 heteroatoms. The summed E-state index contributed by atoms with van der Waals surface area (Å²) >= 11 is 6.10. The van der Waals surface area contributed by atoms with Gasteiger partial charge in [-0.15, -0.1) is 0 Å². The number of anilines is 1. The van der Waals surface area contributed by atoms with E-state index in [2.05, 4.69) is 5.32 Å². The van der Waals surface area contributed by atoms with Gasteiger partial charge in [0.2, 0.25) is 21.8 Å². The maximum absolute atomic E-state index is 13.2. The summed E-state index contributed by atoms with van der Waals surface area (Å²) in [5.41, 5.74) is 2.35. The van der Waals surface area contributed by atoms with E-state index in [1.165, 1.54) is 4.31 Å². The van der Waals surface area contributed by atoms with Crippen molar-refractivity contribution in [3.63, 3.8) is 0 Å². The lowest BCUT2D eigenvalue weighted by atomic mass is 10.1. The Morgan fingerprint density at radius 1 is 1.09 bits per heavy atom. The van der Waals surface area contributed by atoms with E-state index in [0.29, 0.717) is 36.6 Å². The fourth-order valence-corrected chi connectivity index (χ4v) is 4.98. The Labute approximate surface area is 214 Å². The zero-order valence-corrected chi connectivity index (χ0v) is 22.5. The van der Waals surface area contributed by atoms with Gasteiger partial charge in [0.15, 0.2) is 0 Å². The van der Waals surface area contributed by atoms with Crippen LogP contribution in [0, 0.1) is 6.92 Å². The minimum Gasteiger partial charge on any atom is -0.354 e. The molecule has 0 aliphatic heterocycles. The fourth-order valence-electron chi connectivity index (χ4n) is 3.80. The number of amides is 2. The van der Waals surface area contributed by atoms with Crippen molar-refractivity contribution in [3.8, 4) is 0 Å². The fraction of sp³-hybridized carbons (Fsp3) is 0.462. The number of carbonyl (C=O) groups excluding carboxylic acids is 2. The van der Waals surface area contributed by atoms with Crippen LogP contribution in [0.3, 0.4) is 0 Å². The molecule has 1 N–H and O–H groups in total. The summed E-state index contributed by atoms with van der Waals surface area (Å²) in [6.07, 6.45) is 2.99. The van der Waals surface area contributed by atoms with Gasteiger partial charge < -0.3 is 10.2 Å². The highest BCUT2D eigenvalue weighted by Gasteiger charge is 2.26. The zero-order valence-electron chi connectivity index (χ0n) is 21.0. The average Bonchev–Trinajstić information content (AvgIpc) is 2.81. The van der Waals surface area contributed by atoms with E-state index >= 15 is 0 Å². The molecule has 0 bridgehead atoms. The SMILES string of the molecule is CCCNC(=O)[C@@H](C)N(CCc1ccccc1)C(=O)CCCN(c1cc(Cl)ccc1C)S(C)(=O)=O. The Bertz CT molecular complexity index is 1090. The molecule has 2 aromatic rings. The van der Waals surface area contributed by atoms with Gasteiger partial charge in [0.25, 0.3) is 0 Å². The number of aryl methyl sites for hydroxylation is 1. The number of halogens is 1. The van der Waals surface area contributed by atoms with Crippen molar-refractivity contribution in [2.24, 2.45) is 0 Å². The van der Waals surface area contributed by atoms with Gasteiger partial charge in [-0.25, -0.2) is 8.42 Å². The van der Waals surface area contributed by atoms with Crippen molar-refractivity contribution < 1.29 is 18.0 Å². The van der Waals surface area contributed by atoms with Gasteiger partial charge in [-0.1, -0.05) is 54.9 Å². The number of carbonyl (C=O) groups is 2. The van der Waals surface area contributed by atoms with Crippen molar-refractivity contribution in [2.45, 2.75) is 52.5 Å². The van der Waals surface area contributed by atoms with E-state index in [4.69, 9.17) is 11.6 Å². The van der Waals surface area contributed by atoms with Gasteiger partial charge in [-0.05, 0) is 56.4 Å². The minimum absolute atomic E-state index is 0.117. The Hall–Kier alpha value is -2.58. The van der Waals surface area contributed by atoms with Gasteiger partial charge in [-0.3, -0.25) is 13.9 Å². The number of benzene rings is 2. The summed E-state index contributed by atoms with van der Waals surface area (Å²) in [5.74, 6) is -0.378. The Balaban J connectivity index is 2.13. The molecule has 1 atom stereocenters. The standard InChI is InChI=1S/C26H36ClN3O4S/c1-5-16-28-26(32)21(3)29(18-15-22-10-7-6-8-11-22)25(31)12-9-17-30(35(4,33)34)24-19-23(27)14-13-20(24)2/h6-8,10-11,13-14,19,21H,5,9,12,15-18H2,1-4H3,(H,28,32)/t21-/m1/s1. The van der Waals surface area contributed by atoms with Crippen LogP contribution in [-0.2, 0) is 26.0 Å². The summed E-state index contributed by atoms with van der Waals surface area (Å²) in [6, 6.07) is 14.3. The number of hydrogen-bond acceptors (Lipinski definition) is 4. The average molecular weight is 522 g/mol. The molecule has 0 heterocycles. The third-order valence-corrected chi connectivity index (χ3v) is 7.21. The molecule has 35 heavy (non-hydrogen) atoms. The van der Waals surface area contributed by atoms with Gasteiger partial charge in [0.1, 0.15) is 6.04 Å². The highest BCUT2D eigenvalue weighted by atomic mass is 35.5. The molecular formula is C26H36ClN3O4S. The van der Waals surface area contributed by atoms with Gasteiger partial charge in [0.05, 0.1) is 11.9 Å². The predicted molar refractivity (Wildman–Crippen MR) is 142 cm³/mol. The molecule has 0 fully saturated rings. The van der Waals surface area contributed by atoms with Crippen molar-refractivity contribution in [1.29, 1.82) is 0 Å². The first kappa shape index (κ1) is 28.7. The summed E-state index contributed by atoms with van der Waals surface area (Å²) in [6.45, 7) is 6.59. The Morgan fingerprint density at radius 2 is 1.77 bits per heavy atom. The number of rotatable bonds is 13. The molecule has 192 valence electrons. The number of nitrogens with one attached hydrogen (secondary N) is 1. The van der Waals surface area contributed by atoms with Crippen LogP contribution >= 0.6 is 11.6 Å². The first-order valence-corrected chi connectivity index (χ1v) is 14.1. The number of sulfonamides is 1. The first-order valence-electron chi connectivity index (χ1n) is 11.9. The van der Waals surface area contributed by atoms with Crippen molar-refractivity contribution in [2.75, 3.05) is 30.2 Å². The smallest absolute Gasteiger partial charge is 0.242 e. The van der Waals surface area contributed by atoms with Crippen LogP contribution in [0.4, 0.5) is 5.69 Å². The Kier molecular flexibility index (Phi) is 11.0. The predicted octanol–water partition coefficient (Wildman–Crippen LogP) is 4.18. The third-order valence-electron chi connectivity index (χ3n) is 5.79. The molecule has 0 radical (unpaired) electrons. The van der Waals surface area contributed by atoms with E-state index in [1.807, 2.05) is 44.2 Å². The molecule has 7 nitrogen and oxygen atoms in total. The van der Waals surface area contributed by atoms with Crippen LogP contribution in [0.2, 0.25) is 5.02 Å². The van der Waals surface area contributed by atoms with Crippen LogP contribution in [0.15, 0.2) is 48.5 Å². The second kappa shape index (κ2) is 13.5. The minimum atomic E-state index is -3.58. The molecular weight excluding hydrogens is 486 g/mol. The maximum Gasteiger partial charge on any atom is 0.242 e. The van der Waals surface area contributed by atoms with E-state index in [-0.39, 0.29) is 24.8 Å². The van der Waals surface area contributed by atoms with Crippen LogP contribution in [0.25, 0.3) is 0 Å². The summed E-state index contributed by atoms with van der Waals surface area (Å²) in [4.78, 5) is 27.4. The monoisotopic (exact) mass is 521 g/mol. The number of nitrogens with zero attached hydrogens (tertiary/aromatic N) is 2. The van der Waals surface area contributed by atoms with Crippen molar-refractivity contribution in [3.05, 3.63) is 64.7 Å². The molecule has 0 aliphatic carbocycles. The molecule has 0 unspecified atom stereocenters. The van der Waals surface area contributed by atoms with Crippen LogP contribution < -0.4 is 9.62 Å². The molecule has 0 aromatic heterocycles. The second-order valence-corrected chi connectivity index (χ2v) is 11.0. The van der Waals surface area contributed by atoms with E-state index in [9.17, 15) is 18.0 Å². The van der Waals surface area contributed by atoms with Crippen LogP contribution in [0.1, 0.15) is 44.2 Å². The quantitative estimate of drug-likeness (QED) is 0.428. The van der Waals surface area contributed by atoms with Gasteiger partial charge in [-0.2, -0.15) is 0 Å². The maximum atomic E-state index is 13.2. The molecule has 0 saturated carbocycles. The second-order valence-electron chi connectivity index (χ2n) is 8.66. The van der Waals surface area contributed by atoms with E-state index in [1.54, 1.807) is 30.0 Å².